The van der Waals surface area contributed by atoms with Gasteiger partial charge in [-0.2, -0.15) is 0 Å². The van der Waals surface area contributed by atoms with Gasteiger partial charge in [0.1, 0.15) is 11.6 Å². The van der Waals surface area contributed by atoms with Crippen LogP contribution in [0.1, 0.15) is 63.5 Å². The van der Waals surface area contributed by atoms with Crippen LogP contribution >= 0.6 is 0 Å². The van der Waals surface area contributed by atoms with E-state index in [1.807, 2.05) is 27.7 Å². The summed E-state index contributed by atoms with van der Waals surface area (Å²) in [5.41, 5.74) is 0.985. The summed E-state index contributed by atoms with van der Waals surface area (Å²) < 4.78 is 27.6. The summed E-state index contributed by atoms with van der Waals surface area (Å²) in [6.45, 7) is 7.79. The van der Waals surface area contributed by atoms with Crippen molar-refractivity contribution in [2.45, 2.75) is 52.4 Å². The van der Waals surface area contributed by atoms with Gasteiger partial charge in [0.2, 0.25) is 0 Å². The van der Waals surface area contributed by atoms with E-state index in [4.69, 9.17) is 0 Å². The molecule has 1 rings (SSSR count). The van der Waals surface area contributed by atoms with Crippen LogP contribution in [-0.2, 0) is 0 Å². The predicted molar refractivity (Wildman–Crippen MR) is 63.8 cm³/mol. The van der Waals surface area contributed by atoms with Gasteiger partial charge in [0.15, 0.2) is 0 Å². The lowest BCUT2D eigenvalue weighted by Gasteiger charge is -2.15. The second-order valence-corrected chi connectivity index (χ2v) is 4.52. The molecular formula is C14H20F2. The van der Waals surface area contributed by atoms with E-state index in [2.05, 4.69) is 0 Å². The van der Waals surface area contributed by atoms with Crippen LogP contribution in [0.25, 0.3) is 0 Å². The Balaban J connectivity index is 3.17. The molecule has 2 unspecified atom stereocenters. The van der Waals surface area contributed by atoms with E-state index in [0.717, 1.165) is 18.4 Å². The van der Waals surface area contributed by atoms with Gasteiger partial charge in [0.05, 0.1) is 0 Å². The van der Waals surface area contributed by atoms with Crippen molar-refractivity contribution < 1.29 is 8.78 Å². The van der Waals surface area contributed by atoms with Crippen LogP contribution < -0.4 is 0 Å². The highest BCUT2D eigenvalue weighted by Gasteiger charge is 2.17. The molecule has 16 heavy (non-hydrogen) atoms. The molecule has 0 nitrogen and oxygen atoms in total. The average Bonchev–Trinajstić information content (AvgIpc) is 2.26. The maximum absolute atomic E-state index is 13.8. The minimum absolute atomic E-state index is 0.0639. The van der Waals surface area contributed by atoms with Crippen LogP contribution in [-0.4, -0.2) is 0 Å². The highest BCUT2D eigenvalue weighted by Crippen LogP contribution is 2.29. The summed E-state index contributed by atoms with van der Waals surface area (Å²) >= 11 is 0. The van der Waals surface area contributed by atoms with Gasteiger partial charge < -0.3 is 0 Å². The highest BCUT2D eigenvalue weighted by molar-refractivity contribution is 5.30. The van der Waals surface area contributed by atoms with Gasteiger partial charge in [-0.05, 0) is 42.4 Å². The van der Waals surface area contributed by atoms with Gasteiger partial charge in [-0.15, -0.1) is 0 Å². The fourth-order valence-corrected chi connectivity index (χ4v) is 1.80. The molecule has 0 radical (unpaired) electrons. The third-order valence-electron chi connectivity index (χ3n) is 3.39. The van der Waals surface area contributed by atoms with Crippen LogP contribution in [0.15, 0.2) is 12.1 Å². The van der Waals surface area contributed by atoms with Crippen LogP contribution in [0.5, 0.6) is 0 Å². The van der Waals surface area contributed by atoms with Gasteiger partial charge in [-0.3, -0.25) is 0 Å². The van der Waals surface area contributed by atoms with E-state index in [0.29, 0.717) is 0 Å². The van der Waals surface area contributed by atoms with Gasteiger partial charge in [0, 0.05) is 5.56 Å². The maximum Gasteiger partial charge on any atom is 0.129 e. The molecule has 0 N–H and O–H groups in total. The van der Waals surface area contributed by atoms with E-state index in [1.165, 1.54) is 12.1 Å². The normalized spacial score (nSPS) is 14.9. The molecule has 0 aliphatic rings. The smallest absolute Gasteiger partial charge is 0.129 e. The molecule has 0 saturated heterocycles. The van der Waals surface area contributed by atoms with Gasteiger partial charge >= 0.3 is 0 Å². The molecule has 0 fully saturated rings. The molecule has 2 atom stereocenters. The second kappa shape index (κ2) is 5.42. The summed E-state index contributed by atoms with van der Waals surface area (Å²) in [7, 11) is 0. The molecule has 2 heteroatoms. The molecule has 90 valence electrons. The first-order valence-corrected chi connectivity index (χ1v) is 6.00. The highest BCUT2D eigenvalue weighted by atomic mass is 19.1. The molecule has 0 bridgehead atoms. The lowest BCUT2D eigenvalue weighted by atomic mass is 9.92. The first-order chi connectivity index (χ1) is 7.51. The molecule has 0 saturated carbocycles. The molecule has 0 aliphatic carbocycles. The van der Waals surface area contributed by atoms with Crippen molar-refractivity contribution in [3.63, 3.8) is 0 Å². The number of benzene rings is 1. The largest absolute Gasteiger partial charge is 0.207 e. The Bertz CT molecular complexity index is 335. The summed E-state index contributed by atoms with van der Waals surface area (Å²) in [5.74, 6) is -0.657. The zero-order chi connectivity index (χ0) is 12.3. The standard InChI is InChI=1S/C14H20F2/c1-5-9(3)11-7-12(15)14(10(4)6-2)13(16)8-11/h7-10H,5-6H2,1-4H3. The monoisotopic (exact) mass is 226 g/mol. The third kappa shape index (κ3) is 2.60. The fourth-order valence-electron chi connectivity index (χ4n) is 1.80. The molecule has 0 heterocycles. The molecule has 0 aliphatic heterocycles. The minimum Gasteiger partial charge on any atom is -0.207 e. The SMILES string of the molecule is CCC(C)c1cc(F)c(C(C)CC)c(F)c1. The van der Waals surface area contributed by atoms with Crippen molar-refractivity contribution in [1.29, 1.82) is 0 Å². The van der Waals surface area contributed by atoms with Gasteiger partial charge in [-0.25, -0.2) is 8.78 Å². The Hall–Kier alpha value is -0.920. The zero-order valence-electron chi connectivity index (χ0n) is 10.5. The summed E-state index contributed by atoms with van der Waals surface area (Å²) in [6.07, 6.45) is 1.64. The van der Waals surface area contributed by atoms with Crippen molar-refractivity contribution in [2.24, 2.45) is 0 Å². The van der Waals surface area contributed by atoms with E-state index < -0.39 is 11.6 Å². The first kappa shape index (κ1) is 13.1. The minimum atomic E-state index is -0.398. The average molecular weight is 226 g/mol. The number of halogens is 2. The van der Waals surface area contributed by atoms with E-state index in [-0.39, 0.29) is 17.4 Å². The second-order valence-electron chi connectivity index (χ2n) is 4.52. The summed E-state index contributed by atoms with van der Waals surface area (Å²) in [4.78, 5) is 0. The molecule has 1 aromatic rings. The van der Waals surface area contributed by atoms with Crippen LogP contribution in [0.3, 0.4) is 0 Å². The molecular weight excluding hydrogens is 206 g/mol. The third-order valence-corrected chi connectivity index (χ3v) is 3.39. The number of rotatable bonds is 4. The van der Waals surface area contributed by atoms with E-state index >= 15 is 0 Å². The molecule has 0 aromatic heterocycles. The molecule has 0 spiro atoms. The molecule has 1 aromatic carbocycles. The topological polar surface area (TPSA) is 0 Å². The van der Waals surface area contributed by atoms with Gasteiger partial charge in [0.25, 0.3) is 0 Å². The van der Waals surface area contributed by atoms with Crippen LogP contribution in [0, 0.1) is 11.6 Å². The Kier molecular flexibility index (Phi) is 4.45. The fraction of sp³-hybridized carbons (Fsp3) is 0.571. The van der Waals surface area contributed by atoms with Crippen LogP contribution in [0.4, 0.5) is 8.78 Å². The predicted octanol–water partition coefficient (Wildman–Crippen LogP) is 4.99. The van der Waals surface area contributed by atoms with Crippen LogP contribution in [0.2, 0.25) is 0 Å². The van der Waals surface area contributed by atoms with E-state index in [9.17, 15) is 8.78 Å². The van der Waals surface area contributed by atoms with Crippen molar-refractivity contribution in [1.82, 2.24) is 0 Å². The van der Waals surface area contributed by atoms with Crippen molar-refractivity contribution in [3.05, 3.63) is 34.9 Å². The number of hydrogen-bond donors (Lipinski definition) is 0. The maximum atomic E-state index is 13.8. The summed E-state index contributed by atoms with van der Waals surface area (Å²) in [5, 5.41) is 0. The number of hydrogen-bond acceptors (Lipinski definition) is 0. The lowest BCUT2D eigenvalue weighted by molar-refractivity contribution is 0.521. The molecule has 0 amide bonds. The lowest BCUT2D eigenvalue weighted by Crippen LogP contribution is -2.03. The van der Waals surface area contributed by atoms with Crippen molar-refractivity contribution in [3.8, 4) is 0 Å². The van der Waals surface area contributed by atoms with Crippen molar-refractivity contribution in [2.75, 3.05) is 0 Å². The Morgan fingerprint density at radius 1 is 0.938 bits per heavy atom. The first-order valence-electron chi connectivity index (χ1n) is 6.00. The van der Waals surface area contributed by atoms with Gasteiger partial charge in [-0.1, -0.05) is 27.7 Å². The van der Waals surface area contributed by atoms with E-state index in [1.54, 1.807) is 0 Å². The Morgan fingerprint density at radius 3 is 1.75 bits per heavy atom. The quantitative estimate of drug-likeness (QED) is 0.678. The Labute approximate surface area is 96.7 Å². The Morgan fingerprint density at radius 2 is 1.38 bits per heavy atom. The zero-order valence-corrected chi connectivity index (χ0v) is 10.5. The van der Waals surface area contributed by atoms with Crippen molar-refractivity contribution >= 4 is 0 Å². The summed E-state index contributed by atoms with van der Waals surface area (Å²) in [6, 6.07) is 2.97.